The van der Waals surface area contributed by atoms with Crippen molar-refractivity contribution in [3.63, 3.8) is 0 Å². The number of rotatable bonds is 4. The van der Waals surface area contributed by atoms with Crippen LogP contribution in [0.15, 0.2) is 24.3 Å². The first-order valence-corrected chi connectivity index (χ1v) is 7.52. The molecule has 0 aromatic heterocycles. The molecular formula is C17H23NO3. The average molecular weight is 289 g/mol. The van der Waals surface area contributed by atoms with Gasteiger partial charge in [0.1, 0.15) is 0 Å². The molecule has 114 valence electrons. The number of hydrogen-bond donors (Lipinski definition) is 2. The topological polar surface area (TPSA) is 66.4 Å². The van der Waals surface area contributed by atoms with Crippen LogP contribution in [0.4, 0.5) is 5.69 Å². The van der Waals surface area contributed by atoms with Crippen LogP contribution in [0.3, 0.4) is 0 Å². The molecule has 0 aliphatic heterocycles. The number of amides is 1. The van der Waals surface area contributed by atoms with Crippen LogP contribution in [0, 0.1) is 17.8 Å². The summed E-state index contributed by atoms with van der Waals surface area (Å²) in [7, 11) is 0. The summed E-state index contributed by atoms with van der Waals surface area (Å²) in [4.78, 5) is 23.7. The Kier molecular flexibility index (Phi) is 4.66. The van der Waals surface area contributed by atoms with Crippen LogP contribution < -0.4 is 5.32 Å². The maximum Gasteiger partial charge on any atom is 0.307 e. The molecule has 1 aliphatic rings. The van der Waals surface area contributed by atoms with Crippen molar-refractivity contribution in [3.05, 3.63) is 29.8 Å². The van der Waals surface area contributed by atoms with Crippen LogP contribution in [-0.2, 0) is 9.59 Å². The Labute approximate surface area is 125 Å². The van der Waals surface area contributed by atoms with Crippen LogP contribution in [0.2, 0.25) is 0 Å². The summed E-state index contributed by atoms with van der Waals surface area (Å²) >= 11 is 0. The van der Waals surface area contributed by atoms with Crippen molar-refractivity contribution in [2.24, 2.45) is 17.8 Å². The van der Waals surface area contributed by atoms with E-state index in [1.807, 2.05) is 31.2 Å². The molecule has 3 atom stereocenters. The summed E-state index contributed by atoms with van der Waals surface area (Å²) in [5.41, 5.74) is 1.90. The predicted molar refractivity (Wildman–Crippen MR) is 82.2 cm³/mol. The normalized spacial score (nSPS) is 25.0. The van der Waals surface area contributed by atoms with E-state index >= 15 is 0 Å². The van der Waals surface area contributed by atoms with Gasteiger partial charge in [-0.15, -0.1) is 0 Å². The first-order chi connectivity index (χ1) is 9.88. The molecule has 21 heavy (non-hydrogen) atoms. The molecule has 4 nitrogen and oxygen atoms in total. The fraction of sp³-hybridized carbons (Fsp3) is 0.529. The average Bonchev–Trinajstić information content (AvgIpc) is 2.81. The van der Waals surface area contributed by atoms with Crippen molar-refractivity contribution in [3.8, 4) is 0 Å². The van der Waals surface area contributed by atoms with Gasteiger partial charge in [0.05, 0.1) is 11.8 Å². The molecule has 0 heterocycles. The maximum absolute atomic E-state index is 12.4. The van der Waals surface area contributed by atoms with Crippen molar-refractivity contribution in [1.82, 2.24) is 0 Å². The van der Waals surface area contributed by atoms with Gasteiger partial charge < -0.3 is 10.4 Å². The van der Waals surface area contributed by atoms with Gasteiger partial charge in [-0.3, -0.25) is 9.59 Å². The second-order valence-corrected chi connectivity index (χ2v) is 6.40. The van der Waals surface area contributed by atoms with Gasteiger partial charge in [0, 0.05) is 5.69 Å². The van der Waals surface area contributed by atoms with Crippen LogP contribution in [0.5, 0.6) is 0 Å². The number of carboxylic acid groups (broad SMARTS) is 1. The van der Waals surface area contributed by atoms with E-state index in [0.717, 1.165) is 11.3 Å². The second kappa shape index (κ2) is 6.29. The van der Waals surface area contributed by atoms with Crippen molar-refractivity contribution in [1.29, 1.82) is 0 Å². The smallest absolute Gasteiger partial charge is 0.307 e. The van der Waals surface area contributed by atoms with Gasteiger partial charge in [-0.05, 0) is 42.4 Å². The van der Waals surface area contributed by atoms with Gasteiger partial charge in [0.25, 0.3) is 0 Å². The van der Waals surface area contributed by atoms with E-state index in [1.54, 1.807) is 0 Å². The zero-order valence-corrected chi connectivity index (χ0v) is 12.8. The van der Waals surface area contributed by atoms with E-state index in [2.05, 4.69) is 19.2 Å². The molecule has 0 saturated heterocycles. The summed E-state index contributed by atoms with van der Waals surface area (Å²) in [6.45, 7) is 6.20. The molecule has 3 unspecified atom stereocenters. The number of anilines is 1. The van der Waals surface area contributed by atoms with Gasteiger partial charge in [0.15, 0.2) is 0 Å². The molecule has 2 rings (SSSR count). The third-order valence-electron chi connectivity index (χ3n) is 4.27. The molecule has 1 aromatic rings. The van der Waals surface area contributed by atoms with Gasteiger partial charge >= 0.3 is 5.97 Å². The number of carboxylic acids is 1. The minimum Gasteiger partial charge on any atom is -0.481 e. The lowest BCUT2D eigenvalue weighted by Crippen LogP contribution is -2.30. The minimum atomic E-state index is -0.865. The Morgan fingerprint density at radius 3 is 2.52 bits per heavy atom. The molecule has 1 saturated carbocycles. The quantitative estimate of drug-likeness (QED) is 0.891. The number of hydrogen-bond acceptors (Lipinski definition) is 2. The van der Waals surface area contributed by atoms with Crippen molar-refractivity contribution in [2.45, 2.75) is 39.5 Å². The Morgan fingerprint density at radius 2 is 1.90 bits per heavy atom. The molecule has 0 radical (unpaired) electrons. The van der Waals surface area contributed by atoms with Crippen molar-refractivity contribution >= 4 is 17.6 Å². The molecule has 2 N–H and O–H groups in total. The van der Waals surface area contributed by atoms with Crippen LogP contribution in [0.1, 0.15) is 45.1 Å². The second-order valence-electron chi connectivity index (χ2n) is 6.40. The first kappa shape index (κ1) is 15.5. The Hall–Kier alpha value is -1.84. The lowest BCUT2D eigenvalue weighted by molar-refractivity contribution is -0.145. The molecular weight excluding hydrogens is 266 g/mol. The monoisotopic (exact) mass is 289 g/mol. The molecule has 1 fully saturated rings. The highest BCUT2D eigenvalue weighted by atomic mass is 16.4. The molecule has 1 amide bonds. The van der Waals surface area contributed by atoms with Gasteiger partial charge in [-0.1, -0.05) is 32.9 Å². The molecule has 0 spiro atoms. The lowest BCUT2D eigenvalue weighted by atomic mass is 9.95. The minimum absolute atomic E-state index is 0.173. The first-order valence-electron chi connectivity index (χ1n) is 7.52. The molecule has 0 bridgehead atoms. The van der Waals surface area contributed by atoms with E-state index in [9.17, 15) is 14.7 Å². The number of carbonyl (C=O) groups is 2. The summed E-state index contributed by atoms with van der Waals surface area (Å²) in [5, 5.41) is 12.1. The predicted octanol–water partition coefficient (Wildman–Crippen LogP) is 3.50. The summed E-state index contributed by atoms with van der Waals surface area (Å²) in [6.07, 6.45) is 1.23. The van der Waals surface area contributed by atoms with Gasteiger partial charge in [-0.2, -0.15) is 0 Å². The highest BCUT2D eigenvalue weighted by Crippen LogP contribution is 2.37. The van der Waals surface area contributed by atoms with E-state index in [4.69, 9.17) is 0 Å². The lowest BCUT2D eigenvalue weighted by Gasteiger charge is -2.16. The van der Waals surface area contributed by atoms with Gasteiger partial charge in [-0.25, -0.2) is 0 Å². The van der Waals surface area contributed by atoms with Crippen molar-refractivity contribution in [2.75, 3.05) is 5.32 Å². The third-order valence-corrected chi connectivity index (χ3v) is 4.27. The highest BCUT2D eigenvalue weighted by molar-refractivity contribution is 5.95. The molecule has 1 aliphatic carbocycles. The number of benzene rings is 1. The summed E-state index contributed by atoms with van der Waals surface area (Å²) in [5.74, 6) is -1.36. The fourth-order valence-electron chi connectivity index (χ4n) is 3.06. The number of aliphatic carboxylic acids is 1. The SMILES string of the molecule is CC1CC(C(=O)O)C(C(=O)Nc2cccc(C(C)C)c2)C1. The van der Waals surface area contributed by atoms with Crippen LogP contribution >= 0.6 is 0 Å². The van der Waals surface area contributed by atoms with Crippen molar-refractivity contribution < 1.29 is 14.7 Å². The van der Waals surface area contributed by atoms with E-state index in [0.29, 0.717) is 18.8 Å². The summed E-state index contributed by atoms with van der Waals surface area (Å²) < 4.78 is 0. The zero-order valence-electron chi connectivity index (χ0n) is 12.8. The van der Waals surface area contributed by atoms with E-state index in [-0.39, 0.29) is 11.8 Å². The molecule has 1 aromatic carbocycles. The van der Waals surface area contributed by atoms with Gasteiger partial charge in [0.2, 0.25) is 5.91 Å². The standard InChI is InChI=1S/C17H23NO3/c1-10(2)12-5-4-6-13(9-12)18-16(19)14-7-11(3)8-15(14)17(20)21/h4-6,9-11,14-15H,7-8H2,1-3H3,(H,18,19)(H,20,21). The summed E-state index contributed by atoms with van der Waals surface area (Å²) in [6, 6.07) is 7.74. The van der Waals surface area contributed by atoms with E-state index < -0.39 is 17.8 Å². The Bertz CT molecular complexity index is 539. The number of carbonyl (C=O) groups excluding carboxylic acids is 1. The third kappa shape index (κ3) is 3.63. The highest BCUT2D eigenvalue weighted by Gasteiger charge is 2.41. The zero-order chi connectivity index (χ0) is 15.6. The van der Waals surface area contributed by atoms with Crippen LogP contribution in [-0.4, -0.2) is 17.0 Å². The fourth-order valence-corrected chi connectivity index (χ4v) is 3.06. The Morgan fingerprint density at radius 1 is 1.24 bits per heavy atom. The van der Waals surface area contributed by atoms with Crippen LogP contribution in [0.25, 0.3) is 0 Å². The number of nitrogens with one attached hydrogen (secondary N) is 1. The maximum atomic E-state index is 12.4. The Balaban J connectivity index is 2.10. The molecule has 4 heteroatoms. The van der Waals surface area contributed by atoms with E-state index in [1.165, 1.54) is 0 Å². The largest absolute Gasteiger partial charge is 0.481 e.